The van der Waals surface area contributed by atoms with Gasteiger partial charge in [0.15, 0.2) is 0 Å². The third kappa shape index (κ3) is 1.64. The van der Waals surface area contributed by atoms with E-state index < -0.39 is 0 Å². The van der Waals surface area contributed by atoms with E-state index in [9.17, 15) is 9.59 Å². The second kappa shape index (κ2) is 3.91. The number of hydrogen-bond acceptors (Lipinski definition) is 3. The molecule has 1 aliphatic heterocycles. The van der Waals surface area contributed by atoms with Gasteiger partial charge >= 0.3 is 0 Å². The van der Waals surface area contributed by atoms with Crippen molar-refractivity contribution in [2.24, 2.45) is 4.99 Å². The predicted octanol–water partition coefficient (Wildman–Crippen LogP) is 1.35. The van der Waals surface area contributed by atoms with Crippen LogP contribution in [-0.2, 0) is 22.6 Å². The van der Waals surface area contributed by atoms with Crippen LogP contribution in [0, 0.1) is 6.92 Å². The van der Waals surface area contributed by atoms with Crippen LogP contribution in [0.4, 0.5) is 5.69 Å². The lowest BCUT2D eigenvalue weighted by Crippen LogP contribution is -2.21. The molecule has 0 saturated carbocycles. The van der Waals surface area contributed by atoms with Crippen LogP contribution in [0.25, 0.3) is 0 Å². The molecular formula is C12H12N2O2. The van der Waals surface area contributed by atoms with Crippen LogP contribution in [-0.4, -0.2) is 19.0 Å². The first-order chi connectivity index (χ1) is 7.63. The van der Waals surface area contributed by atoms with Gasteiger partial charge in [-0.25, -0.2) is 9.79 Å². The molecule has 1 heterocycles. The van der Waals surface area contributed by atoms with Crippen molar-refractivity contribution >= 4 is 17.7 Å². The summed E-state index contributed by atoms with van der Waals surface area (Å²) in [6.07, 6.45) is 1.96. The summed E-state index contributed by atoms with van der Waals surface area (Å²) in [5.41, 5.74) is 3.91. The fourth-order valence-corrected chi connectivity index (χ4v) is 2.14. The lowest BCUT2D eigenvalue weighted by molar-refractivity contribution is -0.117. The third-order valence-electron chi connectivity index (χ3n) is 2.78. The fourth-order valence-electron chi connectivity index (χ4n) is 2.14. The number of aryl methyl sites for hydroxylation is 1. The van der Waals surface area contributed by atoms with Gasteiger partial charge in [0.1, 0.15) is 0 Å². The standard InChI is InChI=1S/C12H12N2O2/c1-8-3-9-5-11(16)14(2)12(9)10(4-8)6-13-7-15/h3-4H,5-6H2,1-2H3. The molecule has 0 fully saturated rings. The smallest absolute Gasteiger partial charge is 0.235 e. The molecule has 1 amide bonds. The minimum Gasteiger partial charge on any atom is -0.315 e. The van der Waals surface area contributed by atoms with E-state index >= 15 is 0 Å². The normalized spacial score (nSPS) is 13.6. The number of rotatable bonds is 2. The van der Waals surface area contributed by atoms with Crippen molar-refractivity contribution in [3.8, 4) is 0 Å². The Morgan fingerprint density at radius 1 is 1.50 bits per heavy atom. The van der Waals surface area contributed by atoms with Gasteiger partial charge in [-0.3, -0.25) is 4.79 Å². The Bertz CT molecular complexity index is 502. The van der Waals surface area contributed by atoms with Gasteiger partial charge in [0.2, 0.25) is 12.0 Å². The highest BCUT2D eigenvalue weighted by atomic mass is 16.2. The molecule has 4 heteroatoms. The molecular weight excluding hydrogens is 204 g/mol. The third-order valence-corrected chi connectivity index (χ3v) is 2.78. The Labute approximate surface area is 93.6 Å². The lowest BCUT2D eigenvalue weighted by Gasteiger charge is -2.14. The average molecular weight is 216 g/mol. The van der Waals surface area contributed by atoms with Crippen LogP contribution < -0.4 is 4.90 Å². The van der Waals surface area contributed by atoms with Crippen molar-refractivity contribution in [3.63, 3.8) is 0 Å². The number of fused-ring (bicyclic) bond motifs is 1. The van der Waals surface area contributed by atoms with E-state index in [1.165, 1.54) is 6.08 Å². The molecule has 1 aliphatic rings. The Morgan fingerprint density at radius 3 is 2.94 bits per heavy atom. The maximum absolute atomic E-state index is 11.6. The number of likely N-dealkylation sites (N-methyl/N-ethyl adjacent to an activating group) is 1. The number of isocyanates is 1. The summed E-state index contributed by atoms with van der Waals surface area (Å²) in [7, 11) is 1.75. The maximum atomic E-state index is 11.6. The molecule has 0 aliphatic carbocycles. The molecule has 4 nitrogen and oxygen atoms in total. The first kappa shape index (κ1) is 10.6. The summed E-state index contributed by atoms with van der Waals surface area (Å²) in [6, 6.07) is 3.96. The van der Waals surface area contributed by atoms with Crippen molar-refractivity contribution in [2.75, 3.05) is 11.9 Å². The Hall–Kier alpha value is -1.93. The van der Waals surface area contributed by atoms with Gasteiger partial charge in [-0.2, -0.15) is 0 Å². The quantitative estimate of drug-likeness (QED) is 0.553. The zero-order valence-electron chi connectivity index (χ0n) is 9.28. The van der Waals surface area contributed by atoms with Crippen LogP contribution in [0.2, 0.25) is 0 Å². The number of nitrogens with zero attached hydrogens (tertiary/aromatic N) is 2. The SMILES string of the molecule is Cc1cc(CN=C=O)c2c(c1)CC(=O)N2C. The minimum absolute atomic E-state index is 0.0805. The molecule has 2 rings (SSSR count). The molecule has 1 aromatic carbocycles. The van der Waals surface area contributed by atoms with Gasteiger partial charge < -0.3 is 4.90 Å². The van der Waals surface area contributed by atoms with Crippen molar-refractivity contribution in [2.45, 2.75) is 19.9 Å². The molecule has 0 bridgehead atoms. The number of hydrogen-bond donors (Lipinski definition) is 0. The van der Waals surface area contributed by atoms with E-state index in [1.807, 2.05) is 19.1 Å². The topological polar surface area (TPSA) is 49.7 Å². The predicted molar refractivity (Wildman–Crippen MR) is 60.1 cm³/mol. The fraction of sp³-hybridized carbons (Fsp3) is 0.333. The number of anilines is 1. The summed E-state index contributed by atoms with van der Waals surface area (Å²) in [4.78, 5) is 26.9. The van der Waals surface area contributed by atoms with E-state index in [1.54, 1.807) is 11.9 Å². The van der Waals surface area contributed by atoms with E-state index in [4.69, 9.17) is 0 Å². The summed E-state index contributed by atoms with van der Waals surface area (Å²) in [5, 5.41) is 0. The molecule has 82 valence electrons. The minimum atomic E-state index is 0.0805. The van der Waals surface area contributed by atoms with Gasteiger partial charge in [0.05, 0.1) is 18.7 Å². The van der Waals surface area contributed by atoms with Gasteiger partial charge in [0.25, 0.3) is 0 Å². The van der Waals surface area contributed by atoms with Crippen LogP contribution in [0.5, 0.6) is 0 Å². The number of carbonyl (C=O) groups is 1. The van der Waals surface area contributed by atoms with E-state index in [0.717, 1.165) is 22.4 Å². The molecule has 0 radical (unpaired) electrons. The molecule has 16 heavy (non-hydrogen) atoms. The van der Waals surface area contributed by atoms with Crippen LogP contribution in [0.1, 0.15) is 16.7 Å². The Morgan fingerprint density at radius 2 is 2.25 bits per heavy atom. The first-order valence-electron chi connectivity index (χ1n) is 5.06. The van der Waals surface area contributed by atoms with Gasteiger partial charge in [-0.05, 0) is 18.1 Å². The van der Waals surface area contributed by atoms with E-state index in [2.05, 4.69) is 4.99 Å². The average Bonchev–Trinajstić information content (AvgIpc) is 2.51. The number of benzene rings is 1. The highest BCUT2D eigenvalue weighted by Gasteiger charge is 2.26. The van der Waals surface area contributed by atoms with Gasteiger partial charge in [-0.15, -0.1) is 0 Å². The monoisotopic (exact) mass is 216 g/mol. The van der Waals surface area contributed by atoms with Crippen LogP contribution >= 0.6 is 0 Å². The largest absolute Gasteiger partial charge is 0.315 e. The van der Waals surface area contributed by atoms with Crippen molar-refractivity contribution in [1.82, 2.24) is 0 Å². The van der Waals surface area contributed by atoms with Crippen molar-refractivity contribution < 1.29 is 9.59 Å². The molecule has 0 atom stereocenters. The van der Waals surface area contributed by atoms with Crippen LogP contribution in [0.15, 0.2) is 17.1 Å². The van der Waals surface area contributed by atoms with E-state index in [-0.39, 0.29) is 12.5 Å². The highest BCUT2D eigenvalue weighted by molar-refractivity contribution is 6.01. The van der Waals surface area contributed by atoms with E-state index in [0.29, 0.717) is 6.42 Å². The second-order valence-corrected chi connectivity index (χ2v) is 3.97. The molecule has 0 spiro atoms. The zero-order valence-corrected chi connectivity index (χ0v) is 9.28. The van der Waals surface area contributed by atoms with Gasteiger partial charge in [0, 0.05) is 7.05 Å². The molecule has 0 N–H and O–H groups in total. The molecule has 0 unspecified atom stereocenters. The van der Waals surface area contributed by atoms with Crippen molar-refractivity contribution in [3.05, 3.63) is 28.8 Å². The highest BCUT2D eigenvalue weighted by Crippen LogP contribution is 2.33. The summed E-state index contributed by atoms with van der Waals surface area (Å²) < 4.78 is 0. The van der Waals surface area contributed by atoms with Gasteiger partial charge in [-0.1, -0.05) is 17.7 Å². The summed E-state index contributed by atoms with van der Waals surface area (Å²) in [6.45, 7) is 2.25. The maximum Gasteiger partial charge on any atom is 0.235 e. The zero-order chi connectivity index (χ0) is 11.7. The first-order valence-corrected chi connectivity index (χ1v) is 5.06. The van der Waals surface area contributed by atoms with Crippen molar-refractivity contribution in [1.29, 1.82) is 0 Å². The summed E-state index contributed by atoms with van der Waals surface area (Å²) in [5.74, 6) is 0.0805. The van der Waals surface area contributed by atoms with Crippen LogP contribution in [0.3, 0.4) is 0 Å². The Kier molecular flexibility index (Phi) is 2.59. The molecule has 0 saturated heterocycles. The second-order valence-electron chi connectivity index (χ2n) is 3.97. The Balaban J connectivity index is 2.53. The number of amides is 1. The number of carbonyl (C=O) groups excluding carboxylic acids is 2. The molecule has 1 aromatic rings. The molecule has 0 aromatic heterocycles. The summed E-state index contributed by atoms with van der Waals surface area (Å²) >= 11 is 0. The lowest BCUT2D eigenvalue weighted by atomic mass is 10.0. The number of aliphatic imine (C=N–C) groups is 1.